The summed E-state index contributed by atoms with van der Waals surface area (Å²) in [6, 6.07) is 0. The second-order valence-corrected chi connectivity index (χ2v) is 4.72. The summed E-state index contributed by atoms with van der Waals surface area (Å²) in [6.45, 7) is 0. The molecule has 0 bridgehead atoms. The molecule has 0 aromatic carbocycles. The van der Waals surface area contributed by atoms with Crippen LogP contribution in [0.2, 0.25) is 0 Å². The third kappa shape index (κ3) is 2.29. The van der Waals surface area contributed by atoms with Crippen molar-refractivity contribution in [3.8, 4) is 0 Å². The number of carboxylic acid groups (broad SMARTS) is 1. The van der Waals surface area contributed by atoms with Crippen molar-refractivity contribution >= 4 is 17.7 Å². The van der Waals surface area contributed by atoms with Gasteiger partial charge >= 0.3 is 5.97 Å². The molecule has 1 fully saturated rings. The number of carbonyl (C=O) groups is 1. The van der Waals surface area contributed by atoms with E-state index in [0.717, 1.165) is 23.8 Å². The summed E-state index contributed by atoms with van der Waals surface area (Å²) in [4.78, 5) is 17.7. The Morgan fingerprint density at radius 2 is 2.50 bits per heavy atom. The maximum absolute atomic E-state index is 10.6. The molecule has 0 radical (unpaired) electrons. The maximum Gasteiger partial charge on any atom is 0.303 e. The minimum atomic E-state index is -0.692. The van der Waals surface area contributed by atoms with Gasteiger partial charge in [-0.1, -0.05) is 11.8 Å². The zero-order valence-electron chi connectivity index (χ0n) is 7.69. The van der Waals surface area contributed by atoms with Gasteiger partial charge in [0.05, 0.1) is 6.42 Å². The minimum absolute atomic E-state index is 0.0449. The van der Waals surface area contributed by atoms with Crippen LogP contribution < -0.4 is 0 Å². The molecule has 1 aromatic heterocycles. The molecule has 1 aromatic rings. The molecule has 0 aliphatic heterocycles. The molecule has 0 unspecified atom stereocenters. The Bertz CT molecular complexity index is 320. The van der Waals surface area contributed by atoms with E-state index in [9.17, 15) is 4.79 Å². The monoisotopic (exact) mass is 212 g/mol. The number of aromatic amines is 1. The standard InChI is InChI=1S/C9H12N2O2S/c12-7(13)5-9(1-2-9)6-14-8-10-3-4-11-8/h3-4H,1-2,5-6H2,(H,10,11)(H,12,13). The largest absolute Gasteiger partial charge is 0.481 e. The minimum Gasteiger partial charge on any atom is -0.481 e. The lowest BCUT2D eigenvalue weighted by molar-refractivity contribution is -0.138. The number of hydrogen-bond donors (Lipinski definition) is 2. The van der Waals surface area contributed by atoms with Gasteiger partial charge in [0.15, 0.2) is 5.16 Å². The Kier molecular flexibility index (Phi) is 2.50. The van der Waals surface area contributed by atoms with E-state index in [2.05, 4.69) is 9.97 Å². The van der Waals surface area contributed by atoms with E-state index in [0.29, 0.717) is 6.42 Å². The van der Waals surface area contributed by atoms with Crippen molar-refractivity contribution in [2.75, 3.05) is 5.75 Å². The summed E-state index contributed by atoms with van der Waals surface area (Å²) in [5.41, 5.74) is 0.0449. The normalized spacial score (nSPS) is 18.0. The number of nitrogens with zero attached hydrogens (tertiary/aromatic N) is 1. The molecule has 5 heteroatoms. The average Bonchev–Trinajstić information content (AvgIpc) is 2.68. The molecule has 0 atom stereocenters. The molecule has 0 amide bonds. The van der Waals surface area contributed by atoms with Crippen LogP contribution in [0.3, 0.4) is 0 Å². The second kappa shape index (κ2) is 3.65. The van der Waals surface area contributed by atoms with E-state index in [-0.39, 0.29) is 5.41 Å². The van der Waals surface area contributed by atoms with Crippen molar-refractivity contribution in [3.05, 3.63) is 12.4 Å². The van der Waals surface area contributed by atoms with Gasteiger partial charge in [-0.3, -0.25) is 4.79 Å². The van der Waals surface area contributed by atoms with E-state index >= 15 is 0 Å². The Hall–Kier alpha value is -0.970. The molecule has 1 saturated carbocycles. The lowest BCUT2D eigenvalue weighted by atomic mass is 10.1. The SMILES string of the molecule is O=C(O)CC1(CSc2ncc[nH]2)CC1. The van der Waals surface area contributed by atoms with Gasteiger partial charge in [0, 0.05) is 18.1 Å². The molecule has 0 saturated heterocycles. The lowest BCUT2D eigenvalue weighted by Crippen LogP contribution is -2.11. The quantitative estimate of drug-likeness (QED) is 0.730. The van der Waals surface area contributed by atoms with Crippen molar-refractivity contribution in [2.45, 2.75) is 24.4 Å². The summed E-state index contributed by atoms with van der Waals surface area (Å²) in [7, 11) is 0. The average molecular weight is 212 g/mol. The number of carboxylic acids is 1. The molecule has 4 nitrogen and oxygen atoms in total. The number of hydrogen-bond acceptors (Lipinski definition) is 3. The summed E-state index contributed by atoms with van der Waals surface area (Å²) in [6.07, 6.45) is 5.85. The van der Waals surface area contributed by atoms with Gasteiger partial charge in [-0.15, -0.1) is 0 Å². The van der Waals surface area contributed by atoms with Gasteiger partial charge < -0.3 is 10.1 Å². The summed E-state index contributed by atoms with van der Waals surface area (Å²) in [5.74, 6) is 0.162. The predicted molar refractivity (Wildman–Crippen MR) is 53.2 cm³/mol. The van der Waals surface area contributed by atoms with Gasteiger partial charge in [-0.05, 0) is 18.3 Å². The number of rotatable bonds is 5. The molecule has 2 rings (SSSR count). The van der Waals surface area contributed by atoms with E-state index in [4.69, 9.17) is 5.11 Å². The molecular weight excluding hydrogens is 200 g/mol. The van der Waals surface area contributed by atoms with E-state index in [1.54, 1.807) is 24.2 Å². The fraction of sp³-hybridized carbons (Fsp3) is 0.556. The molecular formula is C9H12N2O2S. The first-order valence-electron chi connectivity index (χ1n) is 4.54. The third-order valence-electron chi connectivity index (χ3n) is 2.47. The third-order valence-corrected chi connectivity index (χ3v) is 3.72. The highest BCUT2D eigenvalue weighted by molar-refractivity contribution is 7.99. The maximum atomic E-state index is 10.6. The number of imidazole rings is 1. The van der Waals surface area contributed by atoms with Crippen LogP contribution in [-0.4, -0.2) is 26.8 Å². The summed E-state index contributed by atoms with van der Waals surface area (Å²) in [5, 5.41) is 9.59. The van der Waals surface area contributed by atoms with Crippen LogP contribution in [0, 0.1) is 5.41 Å². The lowest BCUT2D eigenvalue weighted by Gasteiger charge is -2.09. The highest BCUT2D eigenvalue weighted by atomic mass is 32.2. The predicted octanol–water partition coefficient (Wildman–Crippen LogP) is 1.76. The van der Waals surface area contributed by atoms with Crippen LogP contribution in [0.25, 0.3) is 0 Å². The van der Waals surface area contributed by atoms with Crippen molar-refractivity contribution in [1.29, 1.82) is 0 Å². The number of aliphatic carboxylic acids is 1. The van der Waals surface area contributed by atoms with Crippen LogP contribution in [0.15, 0.2) is 17.6 Å². The zero-order valence-corrected chi connectivity index (χ0v) is 8.51. The van der Waals surface area contributed by atoms with Crippen LogP contribution in [0.1, 0.15) is 19.3 Å². The number of thioether (sulfide) groups is 1. The van der Waals surface area contributed by atoms with Gasteiger partial charge in [0.2, 0.25) is 0 Å². The van der Waals surface area contributed by atoms with Gasteiger partial charge in [0.25, 0.3) is 0 Å². The molecule has 1 heterocycles. The number of aromatic nitrogens is 2. The van der Waals surface area contributed by atoms with E-state index < -0.39 is 5.97 Å². The zero-order chi connectivity index (χ0) is 10.0. The molecule has 0 spiro atoms. The van der Waals surface area contributed by atoms with Crippen molar-refractivity contribution in [3.63, 3.8) is 0 Å². The van der Waals surface area contributed by atoms with E-state index in [1.165, 1.54) is 0 Å². The molecule has 1 aliphatic rings. The number of nitrogens with one attached hydrogen (secondary N) is 1. The first-order valence-corrected chi connectivity index (χ1v) is 5.53. The van der Waals surface area contributed by atoms with E-state index in [1.807, 2.05) is 0 Å². The molecule has 1 aliphatic carbocycles. The van der Waals surface area contributed by atoms with Crippen molar-refractivity contribution in [2.24, 2.45) is 5.41 Å². The number of H-pyrrole nitrogens is 1. The van der Waals surface area contributed by atoms with Crippen molar-refractivity contribution in [1.82, 2.24) is 9.97 Å². The molecule has 14 heavy (non-hydrogen) atoms. The Morgan fingerprint density at radius 1 is 1.71 bits per heavy atom. The Labute approximate surface area is 86.1 Å². The fourth-order valence-corrected chi connectivity index (χ4v) is 2.54. The van der Waals surface area contributed by atoms with Crippen LogP contribution in [0.5, 0.6) is 0 Å². The Morgan fingerprint density at radius 3 is 3.00 bits per heavy atom. The van der Waals surface area contributed by atoms with Gasteiger partial charge in [-0.25, -0.2) is 4.98 Å². The highest BCUT2D eigenvalue weighted by Gasteiger charge is 2.44. The van der Waals surface area contributed by atoms with Crippen molar-refractivity contribution < 1.29 is 9.90 Å². The topological polar surface area (TPSA) is 66.0 Å². The summed E-state index contributed by atoms with van der Waals surface area (Å²) >= 11 is 1.61. The van der Waals surface area contributed by atoms with Crippen LogP contribution in [0.4, 0.5) is 0 Å². The highest BCUT2D eigenvalue weighted by Crippen LogP contribution is 2.51. The molecule has 76 valence electrons. The van der Waals surface area contributed by atoms with Crippen LogP contribution in [-0.2, 0) is 4.79 Å². The first-order chi connectivity index (χ1) is 6.70. The smallest absolute Gasteiger partial charge is 0.303 e. The first kappa shape index (κ1) is 9.58. The molecule has 2 N–H and O–H groups in total. The second-order valence-electron chi connectivity index (χ2n) is 3.75. The van der Waals surface area contributed by atoms with Gasteiger partial charge in [0.1, 0.15) is 0 Å². The van der Waals surface area contributed by atoms with Crippen LogP contribution >= 0.6 is 11.8 Å². The summed E-state index contributed by atoms with van der Waals surface area (Å²) < 4.78 is 0. The van der Waals surface area contributed by atoms with Gasteiger partial charge in [-0.2, -0.15) is 0 Å². The fourth-order valence-electron chi connectivity index (χ4n) is 1.42. The Balaban J connectivity index is 1.83.